The number of carbonyl (C=O) groups excluding carboxylic acids is 1. The number of piperazine rings is 1. The van der Waals surface area contributed by atoms with E-state index in [-0.39, 0.29) is 5.69 Å². The number of benzene rings is 1. The molecule has 1 aromatic heterocycles. The number of hydrogen-bond acceptors (Lipinski definition) is 4. The summed E-state index contributed by atoms with van der Waals surface area (Å²) >= 11 is 5.60. The Morgan fingerprint density at radius 1 is 1.15 bits per heavy atom. The molecule has 1 aromatic carbocycles. The summed E-state index contributed by atoms with van der Waals surface area (Å²) in [5.41, 5.74) is -0.646. The first-order chi connectivity index (χ1) is 12.7. The molecule has 0 bridgehead atoms. The average Bonchev–Trinajstić information content (AvgIpc) is 2.63. The molecule has 0 atom stereocenters. The van der Waals surface area contributed by atoms with Gasteiger partial charge in [-0.2, -0.15) is 13.2 Å². The molecule has 5 nitrogen and oxygen atoms in total. The van der Waals surface area contributed by atoms with E-state index in [0.717, 1.165) is 38.3 Å². The smallest absolute Gasteiger partial charge is 0.354 e. The number of likely N-dealkylation sites (N-methyl/N-ethyl adjacent to an activating group) is 1. The molecule has 2 heterocycles. The fourth-order valence-corrected chi connectivity index (χ4v) is 3.02. The third kappa shape index (κ3) is 4.70. The van der Waals surface area contributed by atoms with E-state index in [9.17, 15) is 18.0 Å². The Bertz CT molecular complexity index is 836. The molecule has 1 aliphatic rings. The summed E-state index contributed by atoms with van der Waals surface area (Å²) in [4.78, 5) is 21.0. The Morgan fingerprint density at radius 3 is 2.52 bits per heavy atom. The zero-order valence-corrected chi connectivity index (χ0v) is 15.3. The van der Waals surface area contributed by atoms with Gasteiger partial charge in [-0.05, 0) is 37.4 Å². The van der Waals surface area contributed by atoms with Crippen molar-refractivity contribution >= 4 is 29.0 Å². The van der Waals surface area contributed by atoms with Crippen LogP contribution in [0.15, 0.2) is 36.5 Å². The number of alkyl halides is 3. The van der Waals surface area contributed by atoms with Crippen molar-refractivity contribution in [3.63, 3.8) is 0 Å². The summed E-state index contributed by atoms with van der Waals surface area (Å²) in [6, 6.07) is 6.43. The zero-order valence-electron chi connectivity index (χ0n) is 14.6. The lowest BCUT2D eigenvalue weighted by Crippen LogP contribution is -2.44. The highest BCUT2D eigenvalue weighted by Crippen LogP contribution is 2.36. The molecule has 0 radical (unpaired) electrons. The number of nitrogens with one attached hydrogen (secondary N) is 1. The van der Waals surface area contributed by atoms with Gasteiger partial charge in [0.25, 0.3) is 5.91 Å². The minimum atomic E-state index is -4.59. The number of nitrogens with zero attached hydrogens (tertiary/aromatic N) is 3. The van der Waals surface area contributed by atoms with Gasteiger partial charge in [-0.3, -0.25) is 4.79 Å². The number of carbonyl (C=O) groups is 1. The minimum Gasteiger partial charge on any atom is -0.354 e. The Morgan fingerprint density at radius 2 is 1.85 bits per heavy atom. The highest BCUT2D eigenvalue weighted by Gasteiger charge is 2.33. The first-order valence-corrected chi connectivity index (χ1v) is 8.69. The van der Waals surface area contributed by atoms with Crippen LogP contribution in [0.5, 0.6) is 0 Å². The van der Waals surface area contributed by atoms with E-state index in [1.165, 1.54) is 18.3 Å². The van der Waals surface area contributed by atoms with Gasteiger partial charge in [-0.1, -0.05) is 11.6 Å². The van der Waals surface area contributed by atoms with Gasteiger partial charge in [0.15, 0.2) is 0 Å². The van der Waals surface area contributed by atoms with E-state index in [0.29, 0.717) is 11.4 Å². The lowest BCUT2D eigenvalue weighted by molar-refractivity contribution is -0.137. The maximum absolute atomic E-state index is 13.0. The number of aromatic nitrogens is 1. The maximum Gasteiger partial charge on any atom is 0.417 e. The van der Waals surface area contributed by atoms with Gasteiger partial charge in [0.05, 0.1) is 10.6 Å². The van der Waals surface area contributed by atoms with E-state index >= 15 is 0 Å². The number of pyridine rings is 1. The molecule has 0 unspecified atom stereocenters. The van der Waals surface area contributed by atoms with Crippen LogP contribution in [0, 0.1) is 0 Å². The van der Waals surface area contributed by atoms with Crippen LogP contribution in [0.4, 0.5) is 24.7 Å². The average molecular weight is 399 g/mol. The van der Waals surface area contributed by atoms with Crippen LogP contribution in [0.3, 0.4) is 0 Å². The molecule has 9 heteroatoms. The molecule has 144 valence electrons. The van der Waals surface area contributed by atoms with Gasteiger partial charge in [0.2, 0.25) is 0 Å². The number of rotatable bonds is 3. The predicted molar refractivity (Wildman–Crippen MR) is 98.4 cm³/mol. The largest absolute Gasteiger partial charge is 0.417 e. The van der Waals surface area contributed by atoms with Gasteiger partial charge in [0.1, 0.15) is 5.82 Å². The Hall–Kier alpha value is -2.32. The summed E-state index contributed by atoms with van der Waals surface area (Å²) in [5, 5.41) is 2.07. The number of anilines is 2. The van der Waals surface area contributed by atoms with Crippen molar-refractivity contribution in [2.24, 2.45) is 0 Å². The molecule has 1 aliphatic heterocycles. The number of amides is 1. The molecule has 1 fully saturated rings. The molecule has 0 saturated carbocycles. The van der Waals surface area contributed by atoms with Crippen LogP contribution in [-0.4, -0.2) is 49.0 Å². The van der Waals surface area contributed by atoms with Gasteiger partial charge >= 0.3 is 6.18 Å². The van der Waals surface area contributed by atoms with Crippen molar-refractivity contribution in [3.8, 4) is 0 Å². The Labute approximate surface area is 159 Å². The lowest BCUT2D eigenvalue weighted by Gasteiger charge is -2.33. The molecular weight excluding hydrogens is 381 g/mol. The third-order valence-electron chi connectivity index (χ3n) is 4.36. The number of halogens is 4. The van der Waals surface area contributed by atoms with Crippen molar-refractivity contribution in [1.82, 2.24) is 9.88 Å². The van der Waals surface area contributed by atoms with Gasteiger partial charge in [0, 0.05) is 43.6 Å². The van der Waals surface area contributed by atoms with E-state index in [2.05, 4.69) is 20.1 Å². The second kappa shape index (κ2) is 7.74. The molecule has 0 aliphatic carbocycles. The molecule has 1 N–H and O–H groups in total. The topological polar surface area (TPSA) is 48.5 Å². The highest BCUT2D eigenvalue weighted by molar-refractivity contribution is 6.31. The maximum atomic E-state index is 13.0. The Kier molecular flexibility index (Phi) is 5.57. The van der Waals surface area contributed by atoms with Crippen LogP contribution < -0.4 is 10.2 Å². The van der Waals surface area contributed by atoms with Gasteiger partial charge in [-0.25, -0.2) is 4.98 Å². The van der Waals surface area contributed by atoms with E-state index < -0.39 is 22.7 Å². The van der Waals surface area contributed by atoms with E-state index in [1.54, 1.807) is 6.07 Å². The fraction of sp³-hybridized carbons (Fsp3) is 0.333. The summed E-state index contributed by atoms with van der Waals surface area (Å²) in [6.45, 7) is 3.37. The first-order valence-electron chi connectivity index (χ1n) is 8.31. The minimum absolute atomic E-state index is 0.0229. The first kappa shape index (κ1) is 19.4. The van der Waals surface area contributed by atoms with Crippen molar-refractivity contribution in [2.75, 3.05) is 43.4 Å². The van der Waals surface area contributed by atoms with Gasteiger partial charge in [-0.15, -0.1) is 0 Å². The molecule has 0 spiro atoms. The standard InChI is InChI=1S/C18H18ClF3N4O/c1-25-6-8-26(9-7-25)16-10-12(4-5-23-16)17(27)24-13-2-3-15(19)14(11-13)18(20,21)22/h2-5,10-11H,6-9H2,1H3,(H,24,27). The molecule has 1 amide bonds. The molecule has 2 aromatic rings. The van der Waals surface area contributed by atoms with Gasteiger partial charge < -0.3 is 15.1 Å². The van der Waals surface area contributed by atoms with Crippen molar-refractivity contribution in [3.05, 3.63) is 52.7 Å². The van der Waals surface area contributed by atoms with Crippen molar-refractivity contribution in [1.29, 1.82) is 0 Å². The second-order valence-corrected chi connectivity index (χ2v) is 6.75. The highest BCUT2D eigenvalue weighted by atomic mass is 35.5. The van der Waals surface area contributed by atoms with Crippen LogP contribution in [0.25, 0.3) is 0 Å². The quantitative estimate of drug-likeness (QED) is 0.855. The molecule has 27 heavy (non-hydrogen) atoms. The molecule has 1 saturated heterocycles. The van der Waals surface area contributed by atoms with Crippen LogP contribution in [-0.2, 0) is 6.18 Å². The summed E-state index contributed by atoms with van der Waals surface area (Å²) < 4.78 is 38.9. The monoisotopic (exact) mass is 398 g/mol. The summed E-state index contributed by atoms with van der Waals surface area (Å²) in [7, 11) is 2.04. The predicted octanol–water partition coefficient (Wildman–Crippen LogP) is 3.76. The number of hydrogen-bond donors (Lipinski definition) is 1. The van der Waals surface area contributed by atoms with Crippen LogP contribution in [0.2, 0.25) is 5.02 Å². The van der Waals surface area contributed by atoms with Crippen LogP contribution in [0.1, 0.15) is 15.9 Å². The fourth-order valence-electron chi connectivity index (χ4n) is 2.79. The van der Waals surface area contributed by atoms with Crippen molar-refractivity contribution < 1.29 is 18.0 Å². The second-order valence-electron chi connectivity index (χ2n) is 6.34. The van der Waals surface area contributed by atoms with E-state index in [4.69, 9.17) is 11.6 Å². The van der Waals surface area contributed by atoms with Crippen LogP contribution >= 0.6 is 11.6 Å². The Balaban J connectivity index is 1.76. The van der Waals surface area contributed by atoms with Crippen molar-refractivity contribution in [2.45, 2.75) is 6.18 Å². The summed E-state index contributed by atoms with van der Waals surface area (Å²) in [6.07, 6.45) is -3.07. The molecule has 3 rings (SSSR count). The normalized spacial score (nSPS) is 15.7. The van der Waals surface area contributed by atoms with E-state index in [1.807, 2.05) is 7.05 Å². The summed E-state index contributed by atoms with van der Waals surface area (Å²) in [5.74, 6) is 0.158. The zero-order chi connectivity index (χ0) is 19.6. The SMILES string of the molecule is CN1CCN(c2cc(C(=O)Nc3ccc(Cl)c(C(F)(F)F)c3)ccn2)CC1. The third-order valence-corrected chi connectivity index (χ3v) is 4.69. The molecular formula is C18H18ClF3N4O. The lowest BCUT2D eigenvalue weighted by atomic mass is 10.1.